The second-order valence-corrected chi connectivity index (χ2v) is 3.71. The molecule has 0 aliphatic carbocycles. The topological polar surface area (TPSA) is 68.9 Å². The largest absolute Gasteiger partial charge is 0.396 e. The molecule has 1 aromatic heterocycles. The summed E-state index contributed by atoms with van der Waals surface area (Å²) in [5.74, 6) is 0.751. The van der Waals surface area contributed by atoms with E-state index in [0.29, 0.717) is 5.56 Å². The highest BCUT2D eigenvalue weighted by Gasteiger charge is 1.98. The fraction of sp³-hybridized carbons (Fsp3) is 0.500. The van der Waals surface area contributed by atoms with Crippen molar-refractivity contribution in [2.24, 2.45) is 0 Å². The summed E-state index contributed by atoms with van der Waals surface area (Å²) < 4.78 is 0. The summed E-state index contributed by atoms with van der Waals surface area (Å²) in [7, 11) is 0. The second-order valence-electron chi connectivity index (χ2n) is 3.71. The highest BCUT2D eigenvalue weighted by molar-refractivity contribution is 5.44. The van der Waals surface area contributed by atoms with Gasteiger partial charge in [0, 0.05) is 18.8 Å². The summed E-state index contributed by atoms with van der Waals surface area (Å²) in [5, 5.41) is 20.6. The molecule has 0 radical (unpaired) electrons. The van der Waals surface area contributed by atoms with Gasteiger partial charge in [-0.05, 0) is 38.3 Å². The summed E-state index contributed by atoms with van der Waals surface area (Å²) in [6.45, 7) is 2.94. The second kappa shape index (κ2) is 6.81. The Bertz CT molecular complexity index is 371. The zero-order valence-corrected chi connectivity index (χ0v) is 9.53. The molecule has 0 unspecified atom stereocenters. The Balaban J connectivity index is 2.42. The maximum absolute atomic E-state index is 8.79. The van der Waals surface area contributed by atoms with Crippen LogP contribution >= 0.6 is 0 Å². The molecule has 0 saturated carbocycles. The van der Waals surface area contributed by atoms with Crippen LogP contribution < -0.4 is 5.32 Å². The lowest BCUT2D eigenvalue weighted by Gasteiger charge is -2.06. The fourth-order valence-electron chi connectivity index (χ4n) is 1.45. The maximum atomic E-state index is 8.79. The number of hydrogen-bond donors (Lipinski definition) is 2. The molecule has 1 rings (SSSR count). The summed E-state index contributed by atoms with van der Waals surface area (Å²) in [5.41, 5.74) is 1.47. The summed E-state index contributed by atoms with van der Waals surface area (Å²) in [4.78, 5) is 4.29. The molecule has 1 aromatic rings. The van der Waals surface area contributed by atoms with Crippen molar-refractivity contribution in [3.8, 4) is 6.07 Å². The number of hydrogen-bond acceptors (Lipinski definition) is 4. The number of aryl methyl sites for hydroxylation is 1. The van der Waals surface area contributed by atoms with Gasteiger partial charge in [-0.1, -0.05) is 0 Å². The van der Waals surface area contributed by atoms with Crippen molar-refractivity contribution in [2.75, 3.05) is 18.5 Å². The molecule has 4 nitrogen and oxygen atoms in total. The number of anilines is 1. The van der Waals surface area contributed by atoms with Crippen molar-refractivity contribution in [3.05, 3.63) is 23.4 Å². The first-order valence-electron chi connectivity index (χ1n) is 5.50. The van der Waals surface area contributed by atoms with Crippen LogP contribution in [-0.4, -0.2) is 23.2 Å². The number of aromatic nitrogens is 1. The fourth-order valence-corrected chi connectivity index (χ4v) is 1.45. The van der Waals surface area contributed by atoms with Crippen LogP contribution in [0.5, 0.6) is 0 Å². The number of pyridine rings is 1. The van der Waals surface area contributed by atoms with Crippen LogP contribution in [-0.2, 0) is 0 Å². The molecular formula is C12H17N3O. The standard InChI is InChI=1S/C12H17N3O/c1-10-7-11(9-13)8-12(15-10)14-5-3-2-4-6-16/h7-8,16H,2-6H2,1H3,(H,14,15). The molecule has 0 fully saturated rings. The minimum Gasteiger partial charge on any atom is -0.396 e. The molecule has 0 saturated heterocycles. The van der Waals surface area contributed by atoms with Crippen LogP contribution in [0, 0.1) is 18.3 Å². The molecule has 1 heterocycles. The van der Waals surface area contributed by atoms with Crippen LogP contribution in [0.15, 0.2) is 12.1 Å². The van der Waals surface area contributed by atoms with E-state index in [-0.39, 0.29) is 6.61 Å². The molecule has 4 heteroatoms. The Labute approximate surface area is 95.9 Å². The van der Waals surface area contributed by atoms with Gasteiger partial charge < -0.3 is 10.4 Å². The van der Waals surface area contributed by atoms with Crippen molar-refractivity contribution in [3.63, 3.8) is 0 Å². The third-order valence-corrected chi connectivity index (χ3v) is 2.22. The number of nitriles is 1. The first-order chi connectivity index (χ1) is 7.76. The van der Waals surface area contributed by atoms with Crippen molar-refractivity contribution >= 4 is 5.82 Å². The smallest absolute Gasteiger partial charge is 0.127 e. The Hall–Kier alpha value is -1.60. The Morgan fingerprint density at radius 2 is 2.19 bits per heavy atom. The average Bonchev–Trinajstić information content (AvgIpc) is 2.28. The van der Waals surface area contributed by atoms with Gasteiger partial charge in [-0.2, -0.15) is 5.26 Å². The Kier molecular flexibility index (Phi) is 5.30. The van der Waals surface area contributed by atoms with Crippen LogP contribution in [0.25, 0.3) is 0 Å². The van der Waals surface area contributed by atoms with Gasteiger partial charge in [0.15, 0.2) is 0 Å². The Morgan fingerprint density at radius 3 is 2.88 bits per heavy atom. The van der Waals surface area contributed by atoms with Crippen LogP contribution in [0.3, 0.4) is 0 Å². The van der Waals surface area contributed by atoms with Gasteiger partial charge in [0.05, 0.1) is 11.6 Å². The van der Waals surface area contributed by atoms with Crippen molar-refractivity contribution < 1.29 is 5.11 Å². The summed E-state index contributed by atoms with van der Waals surface area (Å²) in [6.07, 6.45) is 2.84. The average molecular weight is 219 g/mol. The minimum atomic E-state index is 0.251. The van der Waals surface area contributed by atoms with Gasteiger partial charge in [0.2, 0.25) is 0 Å². The number of nitrogens with zero attached hydrogens (tertiary/aromatic N) is 2. The van der Waals surface area contributed by atoms with E-state index < -0.39 is 0 Å². The molecule has 0 spiro atoms. The number of aliphatic hydroxyl groups excluding tert-OH is 1. The van der Waals surface area contributed by atoms with Crippen LogP contribution in [0.1, 0.15) is 30.5 Å². The monoisotopic (exact) mass is 219 g/mol. The predicted molar refractivity (Wildman–Crippen MR) is 63.1 cm³/mol. The van der Waals surface area contributed by atoms with E-state index in [2.05, 4.69) is 16.4 Å². The molecular weight excluding hydrogens is 202 g/mol. The summed E-state index contributed by atoms with van der Waals surface area (Å²) in [6, 6.07) is 5.62. The number of unbranched alkanes of at least 4 members (excludes halogenated alkanes) is 2. The highest BCUT2D eigenvalue weighted by atomic mass is 16.2. The number of nitrogens with one attached hydrogen (secondary N) is 1. The first kappa shape index (κ1) is 12.5. The van der Waals surface area contributed by atoms with E-state index in [1.165, 1.54) is 0 Å². The SMILES string of the molecule is Cc1cc(C#N)cc(NCCCCCO)n1. The van der Waals surface area contributed by atoms with E-state index >= 15 is 0 Å². The normalized spacial score (nSPS) is 9.81. The van der Waals surface area contributed by atoms with E-state index in [9.17, 15) is 0 Å². The molecule has 0 amide bonds. The zero-order chi connectivity index (χ0) is 11.8. The zero-order valence-electron chi connectivity index (χ0n) is 9.53. The van der Waals surface area contributed by atoms with Gasteiger partial charge in [-0.15, -0.1) is 0 Å². The number of aliphatic hydroxyl groups is 1. The van der Waals surface area contributed by atoms with E-state index in [0.717, 1.165) is 37.3 Å². The van der Waals surface area contributed by atoms with Crippen LogP contribution in [0.4, 0.5) is 5.82 Å². The molecule has 86 valence electrons. The van der Waals surface area contributed by atoms with Crippen LogP contribution in [0.2, 0.25) is 0 Å². The van der Waals surface area contributed by atoms with Gasteiger partial charge in [0.25, 0.3) is 0 Å². The van der Waals surface area contributed by atoms with E-state index in [1.54, 1.807) is 12.1 Å². The molecule has 0 aliphatic heterocycles. The lowest BCUT2D eigenvalue weighted by molar-refractivity contribution is 0.283. The molecule has 2 N–H and O–H groups in total. The third kappa shape index (κ3) is 4.28. The van der Waals surface area contributed by atoms with Crippen molar-refractivity contribution in [1.82, 2.24) is 4.98 Å². The van der Waals surface area contributed by atoms with E-state index in [4.69, 9.17) is 10.4 Å². The molecule has 0 aliphatic rings. The van der Waals surface area contributed by atoms with E-state index in [1.807, 2.05) is 6.92 Å². The van der Waals surface area contributed by atoms with Gasteiger partial charge in [0.1, 0.15) is 5.82 Å². The van der Waals surface area contributed by atoms with Crippen molar-refractivity contribution in [1.29, 1.82) is 5.26 Å². The molecule has 0 bridgehead atoms. The quantitative estimate of drug-likeness (QED) is 0.716. The minimum absolute atomic E-state index is 0.251. The lowest BCUT2D eigenvalue weighted by Crippen LogP contribution is -2.04. The molecule has 16 heavy (non-hydrogen) atoms. The van der Waals surface area contributed by atoms with Gasteiger partial charge in [-0.3, -0.25) is 0 Å². The highest BCUT2D eigenvalue weighted by Crippen LogP contribution is 2.09. The first-order valence-corrected chi connectivity index (χ1v) is 5.50. The summed E-state index contributed by atoms with van der Waals surface area (Å²) >= 11 is 0. The van der Waals surface area contributed by atoms with Gasteiger partial charge in [-0.25, -0.2) is 4.98 Å². The predicted octanol–water partition coefficient (Wildman–Crippen LogP) is 1.84. The molecule has 0 atom stereocenters. The number of rotatable bonds is 6. The third-order valence-electron chi connectivity index (χ3n) is 2.22. The maximum Gasteiger partial charge on any atom is 0.127 e. The Morgan fingerprint density at radius 1 is 1.38 bits per heavy atom. The lowest BCUT2D eigenvalue weighted by atomic mass is 10.2. The van der Waals surface area contributed by atoms with Crippen molar-refractivity contribution in [2.45, 2.75) is 26.2 Å². The van der Waals surface area contributed by atoms with Gasteiger partial charge >= 0.3 is 0 Å². The molecule has 0 aromatic carbocycles.